The predicted octanol–water partition coefficient (Wildman–Crippen LogP) is 2.87. The van der Waals surface area contributed by atoms with Crippen molar-refractivity contribution in [2.75, 3.05) is 43.5 Å². The highest BCUT2D eigenvalue weighted by molar-refractivity contribution is 5.87. The van der Waals surface area contributed by atoms with Crippen molar-refractivity contribution in [3.8, 4) is 0 Å². The summed E-state index contributed by atoms with van der Waals surface area (Å²) in [6.45, 7) is 6.41. The lowest BCUT2D eigenvalue weighted by molar-refractivity contribution is 0.0776. The summed E-state index contributed by atoms with van der Waals surface area (Å²) < 4.78 is 7.36. The summed E-state index contributed by atoms with van der Waals surface area (Å²) in [6, 6.07) is 8.94. The molecule has 0 spiro atoms. The quantitative estimate of drug-likeness (QED) is 0.282. The van der Waals surface area contributed by atoms with Crippen LogP contribution < -0.4 is 16.0 Å². The first-order valence-electron chi connectivity index (χ1n) is 13.2. The number of rotatable bonds is 11. The molecule has 0 atom stereocenters. The van der Waals surface area contributed by atoms with Crippen molar-refractivity contribution in [1.29, 1.82) is 0 Å². The summed E-state index contributed by atoms with van der Waals surface area (Å²) in [4.78, 5) is 15.7. The maximum atomic E-state index is 9.62. The molecule has 0 unspecified atom stereocenters. The second kappa shape index (κ2) is 11.8. The lowest BCUT2D eigenvalue weighted by Gasteiger charge is -2.23. The molecule has 0 amide bonds. The number of benzene rings is 1. The Morgan fingerprint density at radius 1 is 1.14 bits per heavy atom. The molecule has 1 aliphatic rings. The van der Waals surface area contributed by atoms with E-state index < -0.39 is 0 Å². The van der Waals surface area contributed by atoms with Gasteiger partial charge in [-0.3, -0.25) is 9.67 Å². The zero-order chi connectivity index (χ0) is 25.6. The Morgan fingerprint density at radius 2 is 1.97 bits per heavy atom. The van der Waals surface area contributed by atoms with E-state index in [1.807, 2.05) is 28.0 Å². The monoisotopic (exact) mass is 504 g/mol. The largest absolute Gasteiger partial charge is 0.395 e. The third-order valence-electron chi connectivity index (χ3n) is 6.94. The number of hydrogen-bond donors (Lipinski definition) is 3. The highest BCUT2D eigenvalue weighted by Crippen LogP contribution is 2.26. The minimum Gasteiger partial charge on any atom is -0.395 e. The van der Waals surface area contributed by atoms with Crippen molar-refractivity contribution in [1.82, 2.24) is 30.0 Å². The number of pyridine rings is 1. The Morgan fingerprint density at radius 3 is 2.78 bits per heavy atom. The fourth-order valence-corrected chi connectivity index (χ4v) is 4.96. The molecule has 4 aromatic rings. The Hall–Kier alpha value is -3.34. The fourth-order valence-electron chi connectivity index (χ4n) is 4.96. The van der Waals surface area contributed by atoms with Crippen molar-refractivity contribution in [2.24, 2.45) is 0 Å². The predicted molar refractivity (Wildman–Crippen MR) is 145 cm³/mol. The highest BCUT2D eigenvalue weighted by Gasteiger charge is 2.18. The van der Waals surface area contributed by atoms with Gasteiger partial charge in [-0.1, -0.05) is 31.5 Å². The Balaban J connectivity index is 1.43. The van der Waals surface area contributed by atoms with Gasteiger partial charge in [0, 0.05) is 50.5 Å². The molecule has 4 N–H and O–H groups in total. The van der Waals surface area contributed by atoms with Crippen molar-refractivity contribution in [2.45, 2.75) is 51.7 Å². The van der Waals surface area contributed by atoms with Crippen LogP contribution in [0.4, 0.5) is 11.8 Å². The van der Waals surface area contributed by atoms with E-state index in [-0.39, 0.29) is 12.6 Å². The lowest BCUT2D eigenvalue weighted by Crippen LogP contribution is -2.34. The maximum Gasteiger partial charge on any atom is 0.222 e. The molecule has 0 bridgehead atoms. The average Bonchev–Trinajstić information content (AvgIpc) is 3.33. The van der Waals surface area contributed by atoms with Gasteiger partial charge in [0.1, 0.15) is 5.52 Å². The molecule has 5 rings (SSSR count). The Labute approximate surface area is 216 Å². The third-order valence-corrected chi connectivity index (χ3v) is 6.94. The summed E-state index contributed by atoms with van der Waals surface area (Å²) in [5, 5.41) is 19.3. The van der Waals surface area contributed by atoms with Gasteiger partial charge in [-0.15, -0.1) is 0 Å². The van der Waals surface area contributed by atoms with Crippen LogP contribution >= 0.6 is 0 Å². The molecule has 1 aliphatic heterocycles. The van der Waals surface area contributed by atoms with Crippen molar-refractivity contribution in [3.63, 3.8) is 0 Å². The van der Waals surface area contributed by atoms with Gasteiger partial charge in [-0.25, -0.2) is 4.98 Å². The second-order valence-electron chi connectivity index (χ2n) is 9.58. The van der Waals surface area contributed by atoms with Crippen LogP contribution in [0.5, 0.6) is 0 Å². The number of aliphatic hydroxyl groups excluding tert-OH is 1. The summed E-state index contributed by atoms with van der Waals surface area (Å²) in [6.07, 6.45) is 7.87. The topological polar surface area (TPSA) is 127 Å². The lowest BCUT2D eigenvalue weighted by atomic mass is 10.0. The van der Waals surface area contributed by atoms with E-state index in [1.54, 1.807) is 0 Å². The fraction of sp³-hybridized carbons (Fsp3) is 0.481. The number of hydrogen-bond acceptors (Lipinski definition) is 9. The van der Waals surface area contributed by atoms with Gasteiger partial charge in [-0.2, -0.15) is 10.1 Å². The smallest absolute Gasteiger partial charge is 0.222 e. The van der Waals surface area contributed by atoms with E-state index in [2.05, 4.69) is 40.4 Å². The minimum atomic E-state index is 0.0310. The Kier molecular flexibility index (Phi) is 8.08. The number of fused-ring (bicyclic) bond motifs is 2. The number of aliphatic hydroxyl groups is 1. The van der Waals surface area contributed by atoms with Crippen LogP contribution in [0.25, 0.3) is 21.9 Å². The number of aromatic nitrogens is 5. The van der Waals surface area contributed by atoms with E-state index in [9.17, 15) is 5.11 Å². The molecular weight excluding hydrogens is 468 g/mol. The van der Waals surface area contributed by atoms with E-state index in [1.165, 1.54) is 5.56 Å². The number of nitrogens with zero attached hydrogens (tertiary/aromatic N) is 6. The minimum absolute atomic E-state index is 0.0310. The first-order valence-corrected chi connectivity index (χ1v) is 13.2. The number of nitrogens with two attached hydrogens (primary N) is 1. The van der Waals surface area contributed by atoms with Crippen LogP contribution in [0.15, 0.2) is 36.7 Å². The summed E-state index contributed by atoms with van der Waals surface area (Å²) >= 11 is 0. The van der Waals surface area contributed by atoms with E-state index in [0.29, 0.717) is 36.0 Å². The number of nitrogen functional groups attached to an aromatic ring is 1. The molecule has 4 heterocycles. The molecule has 1 saturated heterocycles. The van der Waals surface area contributed by atoms with Gasteiger partial charge < -0.3 is 25.8 Å². The second-order valence-corrected chi connectivity index (χ2v) is 9.58. The van der Waals surface area contributed by atoms with Crippen LogP contribution in [0.3, 0.4) is 0 Å². The Bertz CT molecular complexity index is 1330. The molecular formula is C27H36N8O2. The maximum absolute atomic E-state index is 9.62. The molecule has 0 saturated carbocycles. The summed E-state index contributed by atoms with van der Waals surface area (Å²) in [5.74, 6) is 0.872. The van der Waals surface area contributed by atoms with Gasteiger partial charge in [0.05, 0.1) is 24.9 Å². The zero-order valence-electron chi connectivity index (χ0n) is 21.4. The molecule has 1 aromatic carbocycles. The van der Waals surface area contributed by atoms with E-state index >= 15 is 0 Å². The molecule has 10 heteroatoms. The van der Waals surface area contributed by atoms with Crippen molar-refractivity contribution < 1.29 is 9.84 Å². The zero-order valence-corrected chi connectivity index (χ0v) is 21.4. The molecule has 0 aliphatic carbocycles. The first kappa shape index (κ1) is 25.3. The number of ether oxygens (including phenoxy) is 1. The van der Waals surface area contributed by atoms with Gasteiger partial charge in [0.25, 0.3) is 0 Å². The van der Waals surface area contributed by atoms with E-state index in [4.69, 9.17) is 20.6 Å². The molecule has 3 aromatic heterocycles. The van der Waals surface area contributed by atoms with Gasteiger partial charge >= 0.3 is 0 Å². The average molecular weight is 505 g/mol. The van der Waals surface area contributed by atoms with Crippen LogP contribution in [-0.4, -0.2) is 68.8 Å². The number of unbranched alkanes of at least 4 members (excludes halogenated alkanes) is 1. The van der Waals surface area contributed by atoms with E-state index in [0.717, 1.165) is 68.5 Å². The highest BCUT2D eigenvalue weighted by atomic mass is 16.5. The molecule has 1 fully saturated rings. The van der Waals surface area contributed by atoms with Gasteiger partial charge in [0.15, 0.2) is 11.3 Å². The number of nitrogens with one attached hydrogen (secondary N) is 1. The SMILES string of the molecule is CCCCN(CCO)c1nc(N)nc2cn(Cc3ccc(CNC4CCOCC4)c4cccnc34)nc12. The molecule has 37 heavy (non-hydrogen) atoms. The molecule has 196 valence electrons. The third kappa shape index (κ3) is 5.82. The van der Waals surface area contributed by atoms with Crippen LogP contribution in [-0.2, 0) is 17.8 Å². The first-order chi connectivity index (χ1) is 18.2. The van der Waals surface area contributed by atoms with Gasteiger partial charge in [-0.05, 0) is 36.5 Å². The standard InChI is InChI=1S/C27H36N8O2/c1-2-3-11-34(12-13-36)26-25-23(31-27(28)32-26)18-35(33-25)17-20-7-6-19(22-5-4-10-29-24(20)22)16-30-21-8-14-37-15-9-21/h4-7,10,18,21,30,36H,2-3,8-9,11-17H2,1H3,(H2,28,31). The summed E-state index contributed by atoms with van der Waals surface area (Å²) in [5.41, 5.74) is 10.7. The number of anilines is 2. The normalized spacial score (nSPS) is 14.5. The summed E-state index contributed by atoms with van der Waals surface area (Å²) in [7, 11) is 0. The van der Waals surface area contributed by atoms with Crippen LogP contribution in [0.2, 0.25) is 0 Å². The van der Waals surface area contributed by atoms with Gasteiger partial charge in [0.2, 0.25) is 5.95 Å². The van der Waals surface area contributed by atoms with Crippen LogP contribution in [0.1, 0.15) is 43.7 Å². The molecule has 10 nitrogen and oxygen atoms in total. The van der Waals surface area contributed by atoms with Crippen molar-refractivity contribution >= 4 is 33.7 Å². The van der Waals surface area contributed by atoms with Crippen molar-refractivity contribution in [3.05, 3.63) is 47.8 Å². The van der Waals surface area contributed by atoms with Crippen LogP contribution in [0, 0.1) is 0 Å². The molecule has 0 radical (unpaired) electrons.